The quantitative estimate of drug-likeness (QED) is 0.768. The van der Waals surface area contributed by atoms with Gasteiger partial charge in [0, 0.05) is 18.1 Å². The van der Waals surface area contributed by atoms with Crippen molar-refractivity contribution in [1.29, 1.82) is 0 Å². The molecule has 1 atom stereocenters. The summed E-state index contributed by atoms with van der Waals surface area (Å²) in [5.74, 6) is 2.37. The topological polar surface area (TPSA) is 30.2 Å². The van der Waals surface area contributed by atoms with E-state index in [0.717, 1.165) is 30.8 Å². The largest absolute Gasteiger partial charge is 0.468 e. The lowest BCUT2D eigenvalue weighted by Gasteiger charge is -2.05. The summed E-state index contributed by atoms with van der Waals surface area (Å²) in [7, 11) is 0. The van der Waals surface area contributed by atoms with Crippen molar-refractivity contribution in [3.05, 3.63) is 23.7 Å². The standard InChI is InChI=1S/C11H14O2S/c1-8-4-5-13-11(8)7-14-10-3-2-9(12)6-10/h4-5,10H,2-3,6-7H2,1H3. The number of furan rings is 1. The Morgan fingerprint density at radius 1 is 1.64 bits per heavy atom. The van der Waals surface area contributed by atoms with E-state index in [9.17, 15) is 4.79 Å². The van der Waals surface area contributed by atoms with Crippen LogP contribution in [0.2, 0.25) is 0 Å². The Hall–Kier alpha value is -0.700. The molecule has 14 heavy (non-hydrogen) atoms. The van der Waals surface area contributed by atoms with Crippen LogP contribution >= 0.6 is 11.8 Å². The van der Waals surface area contributed by atoms with Gasteiger partial charge in [-0.2, -0.15) is 0 Å². The van der Waals surface area contributed by atoms with Crippen molar-refractivity contribution >= 4 is 17.5 Å². The van der Waals surface area contributed by atoms with Crippen molar-refractivity contribution in [3.8, 4) is 0 Å². The maximum absolute atomic E-state index is 11.0. The van der Waals surface area contributed by atoms with E-state index >= 15 is 0 Å². The molecule has 1 aromatic heterocycles. The van der Waals surface area contributed by atoms with Crippen LogP contribution in [0, 0.1) is 6.92 Å². The van der Waals surface area contributed by atoms with Crippen LogP contribution in [0.15, 0.2) is 16.7 Å². The van der Waals surface area contributed by atoms with Crippen molar-refractivity contribution in [3.63, 3.8) is 0 Å². The summed E-state index contributed by atoms with van der Waals surface area (Å²) < 4.78 is 5.35. The molecule has 3 heteroatoms. The minimum absolute atomic E-state index is 0.415. The van der Waals surface area contributed by atoms with Crippen LogP contribution < -0.4 is 0 Å². The van der Waals surface area contributed by atoms with Crippen LogP contribution in [0.25, 0.3) is 0 Å². The first-order valence-electron chi connectivity index (χ1n) is 4.92. The minimum Gasteiger partial charge on any atom is -0.468 e. The Labute approximate surface area is 88.1 Å². The molecule has 76 valence electrons. The van der Waals surface area contributed by atoms with Crippen LogP contribution in [0.5, 0.6) is 0 Å². The summed E-state index contributed by atoms with van der Waals surface area (Å²) in [6.07, 6.45) is 4.30. The zero-order chi connectivity index (χ0) is 9.97. The summed E-state index contributed by atoms with van der Waals surface area (Å²) in [6, 6.07) is 1.98. The molecule has 0 spiro atoms. The van der Waals surface area contributed by atoms with Gasteiger partial charge in [-0.3, -0.25) is 4.79 Å². The fraction of sp³-hybridized carbons (Fsp3) is 0.545. The molecule has 0 N–H and O–H groups in total. The molecule has 2 rings (SSSR count). The van der Waals surface area contributed by atoms with Crippen LogP contribution in [-0.2, 0) is 10.5 Å². The van der Waals surface area contributed by atoms with Gasteiger partial charge in [-0.25, -0.2) is 0 Å². The number of thioether (sulfide) groups is 1. The molecule has 1 aromatic rings. The minimum atomic E-state index is 0.415. The second kappa shape index (κ2) is 4.22. The first-order chi connectivity index (χ1) is 6.75. The molecule has 0 aliphatic heterocycles. The van der Waals surface area contributed by atoms with Crippen molar-refractivity contribution in [2.45, 2.75) is 37.2 Å². The molecule has 0 bridgehead atoms. The molecule has 0 amide bonds. The van der Waals surface area contributed by atoms with Gasteiger partial charge in [0.05, 0.1) is 12.0 Å². The van der Waals surface area contributed by atoms with Crippen LogP contribution in [0.1, 0.15) is 30.6 Å². The summed E-state index contributed by atoms with van der Waals surface area (Å²) in [4.78, 5) is 11.0. The van der Waals surface area contributed by atoms with Crippen LogP contribution in [-0.4, -0.2) is 11.0 Å². The second-order valence-electron chi connectivity index (χ2n) is 3.74. The molecule has 0 radical (unpaired) electrons. The Morgan fingerprint density at radius 2 is 2.50 bits per heavy atom. The monoisotopic (exact) mass is 210 g/mol. The first kappa shape index (κ1) is 9.84. The number of aryl methyl sites for hydroxylation is 1. The van der Waals surface area contributed by atoms with Gasteiger partial charge in [0.25, 0.3) is 0 Å². The molecular weight excluding hydrogens is 196 g/mol. The number of rotatable bonds is 3. The van der Waals surface area contributed by atoms with E-state index in [2.05, 4.69) is 6.92 Å². The number of ketones is 1. The lowest BCUT2D eigenvalue weighted by atomic mass is 10.3. The highest BCUT2D eigenvalue weighted by atomic mass is 32.2. The van der Waals surface area contributed by atoms with Gasteiger partial charge < -0.3 is 4.42 Å². The third-order valence-corrected chi connectivity index (χ3v) is 3.92. The third kappa shape index (κ3) is 2.21. The van der Waals surface area contributed by atoms with Crippen LogP contribution in [0.4, 0.5) is 0 Å². The van der Waals surface area contributed by atoms with E-state index < -0.39 is 0 Å². The Balaban J connectivity index is 1.83. The lowest BCUT2D eigenvalue weighted by Crippen LogP contribution is -1.97. The summed E-state index contributed by atoms with van der Waals surface area (Å²) >= 11 is 1.85. The molecule has 0 saturated heterocycles. The van der Waals surface area contributed by atoms with E-state index in [1.807, 2.05) is 17.8 Å². The summed E-state index contributed by atoms with van der Waals surface area (Å²) in [6.45, 7) is 2.05. The van der Waals surface area contributed by atoms with Crippen LogP contribution in [0.3, 0.4) is 0 Å². The van der Waals surface area contributed by atoms with Gasteiger partial charge in [-0.05, 0) is 25.0 Å². The SMILES string of the molecule is Cc1ccoc1CSC1CCC(=O)C1. The maximum atomic E-state index is 11.0. The van der Waals surface area contributed by atoms with E-state index in [0.29, 0.717) is 11.0 Å². The Kier molecular flexibility index (Phi) is 2.96. The summed E-state index contributed by atoms with van der Waals surface area (Å²) in [5.41, 5.74) is 1.21. The van der Waals surface area contributed by atoms with Gasteiger partial charge in [0.2, 0.25) is 0 Å². The molecular formula is C11H14O2S. The van der Waals surface area contributed by atoms with E-state index in [4.69, 9.17) is 4.42 Å². The van der Waals surface area contributed by atoms with E-state index in [-0.39, 0.29) is 0 Å². The van der Waals surface area contributed by atoms with Gasteiger partial charge in [-0.1, -0.05) is 0 Å². The zero-order valence-electron chi connectivity index (χ0n) is 8.29. The normalized spacial score (nSPS) is 21.8. The molecule has 1 unspecified atom stereocenters. The molecule has 1 saturated carbocycles. The van der Waals surface area contributed by atoms with Crippen molar-refractivity contribution in [2.75, 3.05) is 0 Å². The Bertz CT molecular complexity index is 330. The number of hydrogen-bond donors (Lipinski definition) is 0. The smallest absolute Gasteiger partial charge is 0.134 e. The number of carbonyl (C=O) groups excluding carboxylic acids is 1. The highest BCUT2D eigenvalue weighted by Gasteiger charge is 2.22. The van der Waals surface area contributed by atoms with Gasteiger partial charge >= 0.3 is 0 Å². The summed E-state index contributed by atoms with van der Waals surface area (Å²) in [5, 5.41) is 0.520. The lowest BCUT2D eigenvalue weighted by molar-refractivity contribution is -0.117. The molecule has 1 aliphatic carbocycles. The number of hydrogen-bond acceptors (Lipinski definition) is 3. The predicted octanol–water partition coefficient (Wildman–Crippen LogP) is 2.94. The predicted molar refractivity (Wildman–Crippen MR) is 57.4 cm³/mol. The van der Waals surface area contributed by atoms with Crippen molar-refractivity contribution in [2.24, 2.45) is 0 Å². The highest BCUT2D eigenvalue weighted by Crippen LogP contribution is 2.30. The van der Waals surface area contributed by atoms with Gasteiger partial charge in [0.1, 0.15) is 11.5 Å². The van der Waals surface area contributed by atoms with Crippen molar-refractivity contribution < 1.29 is 9.21 Å². The molecule has 1 heterocycles. The fourth-order valence-electron chi connectivity index (χ4n) is 1.67. The average molecular weight is 210 g/mol. The van der Waals surface area contributed by atoms with Gasteiger partial charge in [-0.15, -0.1) is 11.8 Å². The molecule has 0 aromatic carbocycles. The number of Topliss-reactive ketones (excluding diaryl/α,β-unsaturated/α-hetero) is 1. The molecule has 1 aliphatic rings. The number of carbonyl (C=O) groups is 1. The highest BCUT2D eigenvalue weighted by molar-refractivity contribution is 7.99. The van der Waals surface area contributed by atoms with E-state index in [1.165, 1.54) is 5.56 Å². The average Bonchev–Trinajstić information content (AvgIpc) is 2.72. The third-order valence-electron chi connectivity index (χ3n) is 2.62. The zero-order valence-corrected chi connectivity index (χ0v) is 9.10. The molecule has 1 fully saturated rings. The Morgan fingerprint density at radius 3 is 3.07 bits per heavy atom. The first-order valence-corrected chi connectivity index (χ1v) is 5.97. The van der Waals surface area contributed by atoms with E-state index in [1.54, 1.807) is 6.26 Å². The maximum Gasteiger partial charge on any atom is 0.134 e. The van der Waals surface area contributed by atoms with Gasteiger partial charge in [0.15, 0.2) is 0 Å². The van der Waals surface area contributed by atoms with Crippen molar-refractivity contribution in [1.82, 2.24) is 0 Å². The second-order valence-corrected chi connectivity index (χ2v) is 5.03. The fourth-order valence-corrected chi connectivity index (χ4v) is 2.94. The molecule has 2 nitrogen and oxygen atoms in total.